The van der Waals surface area contributed by atoms with Gasteiger partial charge in [0.05, 0.1) is 16.8 Å². The Labute approximate surface area is 244 Å². The van der Waals surface area contributed by atoms with Crippen LogP contribution >= 0.6 is 0 Å². The number of carbonyl (C=O) groups excluding carboxylic acids is 2. The first-order valence-electron chi connectivity index (χ1n) is 13.7. The fraction of sp³-hybridized carbons (Fsp3) is 0.314. The number of carbonyl (C=O) groups is 2. The lowest BCUT2D eigenvalue weighted by atomic mass is 10.0. The van der Waals surface area contributed by atoms with E-state index in [0.717, 1.165) is 28.1 Å². The number of nitrogens with zero attached hydrogens (tertiary/aromatic N) is 2. The third-order valence-electron chi connectivity index (χ3n) is 5.93. The molecule has 0 saturated heterocycles. The van der Waals surface area contributed by atoms with Gasteiger partial charge in [0, 0.05) is 29.0 Å². The molecule has 6 nitrogen and oxygen atoms in total. The van der Waals surface area contributed by atoms with Gasteiger partial charge in [-0.05, 0) is 103 Å². The Balaban J connectivity index is 0.000000226. The van der Waals surface area contributed by atoms with Gasteiger partial charge in [0.25, 0.3) is 0 Å². The summed E-state index contributed by atoms with van der Waals surface area (Å²) in [5.74, 6) is -0.603. The predicted molar refractivity (Wildman–Crippen MR) is 163 cm³/mol. The van der Waals surface area contributed by atoms with Gasteiger partial charge in [-0.2, -0.15) is 0 Å². The van der Waals surface area contributed by atoms with Gasteiger partial charge >= 0.3 is 11.9 Å². The number of esters is 2. The van der Waals surface area contributed by atoms with Gasteiger partial charge < -0.3 is 9.47 Å². The number of pyridine rings is 2. The quantitative estimate of drug-likeness (QED) is 0.194. The van der Waals surface area contributed by atoms with Gasteiger partial charge in [-0.25, -0.2) is 14.2 Å². The molecule has 2 heterocycles. The summed E-state index contributed by atoms with van der Waals surface area (Å²) in [6.45, 7) is 15.3. The maximum absolute atomic E-state index is 12.2. The van der Waals surface area contributed by atoms with Crippen LogP contribution in [0.2, 0.25) is 0 Å². The number of hydrogen-bond acceptors (Lipinski definition) is 5. The average molecular weight is 554 g/mol. The average Bonchev–Trinajstić information content (AvgIpc) is 2.88. The Bertz CT molecular complexity index is 1510. The predicted octanol–water partition coefficient (Wildman–Crippen LogP) is 7.45. The van der Waals surface area contributed by atoms with E-state index in [4.69, 9.17) is 9.47 Å². The lowest BCUT2D eigenvalue weighted by Crippen LogP contribution is -2.31. The van der Waals surface area contributed by atoms with Crippen LogP contribution in [0.1, 0.15) is 73.4 Å². The van der Waals surface area contributed by atoms with E-state index in [1.807, 2.05) is 116 Å². The molecule has 2 aromatic carbocycles. The first kappa shape index (κ1) is 31.2. The minimum Gasteiger partial charge on any atom is -0.456 e. The normalized spacial score (nSPS) is 11.2. The van der Waals surface area contributed by atoms with E-state index in [2.05, 4.69) is 22.5 Å². The monoisotopic (exact) mass is 553 g/mol. The molecule has 2 aromatic heterocycles. The number of benzene rings is 2. The number of hydrogen-bond donors (Lipinski definition) is 0. The van der Waals surface area contributed by atoms with E-state index >= 15 is 0 Å². The van der Waals surface area contributed by atoms with Crippen LogP contribution in [-0.2, 0) is 16.5 Å². The van der Waals surface area contributed by atoms with E-state index in [-0.39, 0.29) is 11.9 Å². The van der Waals surface area contributed by atoms with E-state index in [0.29, 0.717) is 11.1 Å². The van der Waals surface area contributed by atoms with Crippen molar-refractivity contribution in [2.45, 2.75) is 66.6 Å². The summed E-state index contributed by atoms with van der Waals surface area (Å²) >= 11 is 0. The lowest BCUT2D eigenvalue weighted by molar-refractivity contribution is -0.660. The smallest absolute Gasteiger partial charge is 0.338 e. The second kappa shape index (κ2) is 12.9. The molecular formula is C35H41N2O4+. The van der Waals surface area contributed by atoms with Crippen LogP contribution in [-0.4, -0.2) is 28.1 Å². The van der Waals surface area contributed by atoms with Gasteiger partial charge in [0.15, 0.2) is 6.20 Å². The number of ether oxygens (including phenoxy) is 2. The molecule has 0 N–H and O–H groups in total. The van der Waals surface area contributed by atoms with Crippen molar-refractivity contribution in [1.82, 2.24) is 4.98 Å². The number of aryl methyl sites for hydroxylation is 3. The molecule has 0 aliphatic carbocycles. The van der Waals surface area contributed by atoms with Crippen LogP contribution in [0.3, 0.4) is 0 Å². The molecular weight excluding hydrogens is 512 g/mol. The standard InChI is InChI=1S/C18H22NO2.C17H19NO2/c1-13-8-7-11-19(5)16(13)14-9-6-10-15(12-14)17(20)21-18(2,3)4;1-12-7-6-10-18-15(12)13-8-5-9-14(11-13)16(19)20-17(2,3)4/h6-12H,1-5H3;5-11H,1-4H3/q+1;. The van der Waals surface area contributed by atoms with Crippen molar-refractivity contribution in [3.8, 4) is 22.5 Å². The topological polar surface area (TPSA) is 69.4 Å². The van der Waals surface area contributed by atoms with Gasteiger partial charge in [0.2, 0.25) is 5.69 Å². The highest BCUT2D eigenvalue weighted by molar-refractivity contribution is 5.91. The third kappa shape index (κ3) is 9.10. The molecule has 0 atom stereocenters. The number of aromatic nitrogens is 2. The summed E-state index contributed by atoms with van der Waals surface area (Å²) in [7, 11) is 2.00. The Kier molecular flexibility index (Phi) is 9.82. The summed E-state index contributed by atoms with van der Waals surface area (Å²) in [5, 5.41) is 0. The molecule has 0 bridgehead atoms. The van der Waals surface area contributed by atoms with E-state index < -0.39 is 11.2 Å². The Morgan fingerprint density at radius 2 is 1.20 bits per heavy atom. The Morgan fingerprint density at radius 3 is 1.71 bits per heavy atom. The van der Waals surface area contributed by atoms with Crippen molar-refractivity contribution in [2.24, 2.45) is 7.05 Å². The van der Waals surface area contributed by atoms with E-state index in [1.165, 1.54) is 5.56 Å². The summed E-state index contributed by atoms with van der Waals surface area (Å²) in [6, 6.07) is 22.9. The molecule has 0 spiro atoms. The van der Waals surface area contributed by atoms with Crippen molar-refractivity contribution < 1.29 is 23.6 Å². The largest absolute Gasteiger partial charge is 0.456 e. The van der Waals surface area contributed by atoms with Crippen molar-refractivity contribution in [1.29, 1.82) is 0 Å². The molecule has 0 aliphatic heterocycles. The summed E-state index contributed by atoms with van der Waals surface area (Å²) in [4.78, 5) is 28.6. The lowest BCUT2D eigenvalue weighted by Gasteiger charge is -2.19. The molecule has 0 saturated carbocycles. The molecule has 4 rings (SSSR count). The van der Waals surface area contributed by atoms with Gasteiger partial charge in [-0.15, -0.1) is 0 Å². The zero-order chi connectivity index (χ0) is 30.4. The van der Waals surface area contributed by atoms with E-state index in [9.17, 15) is 9.59 Å². The van der Waals surface area contributed by atoms with Crippen molar-refractivity contribution >= 4 is 11.9 Å². The highest BCUT2D eigenvalue weighted by atomic mass is 16.6. The molecule has 4 aromatic rings. The molecule has 0 unspecified atom stereocenters. The van der Waals surface area contributed by atoms with Crippen LogP contribution in [0, 0.1) is 13.8 Å². The zero-order valence-electron chi connectivity index (χ0n) is 25.6. The van der Waals surface area contributed by atoms with Crippen molar-refractivity contribution in [3.05, 3.63) is 107 Å². The zero-order valence-corrected chi connectivity index (χ0v) is 25.6. The van der Waals surface area contributed by atoms with E-state index in [1.54, 1.807) is 18.3 Å². The fourth-order valence-electron chi connectivity index (χ4n) is 4.23. The maximum atomic E-state index is 12.2. The Morgan fingerprint density at radius 1 is 0.683 bits per heavy atom. The van der Waals surface area contributed by atoms with Crippen LogP contribution in [0.5, 0.6) is 0 Å². The van der Waals surface area contributed by atoms with Crippen LogP contribution in [0.4, 0.5) is 0 Å². The molecule has 0 aliphatic rings. The van der Waals surface area contributed by atoms with Crippen molar-refractivity contribution in [2.75, 3.05) is 0 Å². The minimum absolute atomic E-state index is 0.291. The fourth-order valence-corrected chi connectivity index (χ4v) is 4.23. The van der Waals surface area contributed by atoms with Crippen molar-refractivity contribution in [3.63, 3.8) is 0 Å². The number of rotatable bonds is 4. The molecule has 0 fully saturated rings. The van der Waals surface area contributed by atoms with Gasteiger partial charge in [-0.1, -0.05) is 24.3 Å². The summed E-state index contributed by atoms with van der Waals surface area (Å²) in [6.07, 6.45) is 3.75. The first-order valence-corrected chi connectivity index (χ1v) is 13.7. The highest BCUT2D eigenvalue weighted by Gasteiger charge is 2.20. The second-order valence-electron chi connectivity index (χ2n) is 12.0. The summed E-state index contributed by atoms with van der Waals surface area (Å²) in [5.41, 5.74) is 6.31. The molecule has 41 heavy (non-hydrogen) atoms. The van der Waals surface area contributed by atoms with Gasteiger partial charge in [-0.3, -0.25) is 4.98 Å². The maximum Gasteiger partial charge on any atom is 0.338 e. The molecule has 0 radical (unpaired) electrons. The first-order chi connectivity index (χ1) is 19.1. The highest BCUT2D eigenvalue weighted by Crippen LogP contribution is 2.23. The van der Waals surface area contributed by atoms with Crippen LogP contribution in [0.25, 0.3) is 22.5 Å². The summed E-state index contributed by atoms with van der Waals surface area (Å²) < 4.78 is 12.9. The molecule has 6 heteroatoms. The van der Waals surface area contributed by atoms with Crippen LogP contribution < -0.4 is 4.57 Å². The SMILES string of the molecule is Cc1ccc[n+](C)c1-c1cccc(C(=O)OC(C)(C)C)c1.Cc1cccnc1-c1cccc(C(=O)OC(C)(C)C)c1. The Hall–Kier alpha value is -4.32. The second-order valence-corrected chi connectivity index (χ2v) is 12.0. The van der Waals surface area contributed by atoms with Gasteiger partial charge in [0.1, 0.15) is 18.2 Å². The molecule has 214 valence electrons. The third-order valence-corrected chi connectivity index (χ3v) is 5.93. The molecule has 0 amide bonds. The van der Waals surface area contributed by atoms with Crippen LogP contribution in [0.15, 0.2) is 85.2 Å². The minimum atomic E-state index is -0.492.